The van der Waals surface area contributed by atoms with E-state index in [9.17, 15) is 8.42 Å². The van der Waals surface area contributed by atoms with Crippen molar-refractivity contribution in [2.24, 2.45) is 0 Å². The lowest BCUT2D eigenvalue weighted by molar-refractivity contribution is 0.258. The van der Waals surface area contributed by atoms with Gasteiger partial charge < -0.3 is 10.4 Å². The Balaban J connectivity index is 2.94. The zero-order chi connectivity index (χ0) is 15.9. The average molecular weight is 316 g/mol. The van der Waals surface area contributed by atoms with Crippen LogP contribution in [0.1, 0.15) is 33.6 Å². The topological polar surface area (TPSA) is 95.4 Å². The van der Waals surface area contributed by atoms with Crippen LogP contribution in [0.4, 0.5) is 5.95 Å². The molecule has 0 fully saturated rings. The highest BCUT2D eigenvalue weighted by atomic mass is 32.2. The largest absolute Gasteiger partial charge is 0.396 e. The van der Waals surface area contributed by atoms with Gasteiger partial charge in [0, 0.05) is 25.7 Å². The van der Waals surface area contributed by atoms with Gasteiger partial charge in [-0.1, -0.05) is 6.92 Å². The molecule has 1 aromatic rings. The molecule has 0 aliphatic carbocycles. The van der Waals surface area contributed by atoms with Gasteiger partial charge in [-0.05, 0) is 26.7 Å². The molecule has 0 spiro atoms. The molecule has 0 aliphatic heterocycles. The van der Waals surface area contributed by atoms with Crippen molar-refractivity contribution in [1.82, 2.24) is 14.3 Å². The van der Waals surface area contributed by atoms with Crippen LogP contribution in [-0.2, 0) is 10.0 Å². The van der Waals surface area contributed by atoms with E-state index in [1.54, 1.807) is 13.8 Å². The van der Waals surface area contributed by atoms with Gasteiger partial charge in [-0.25, -0.2) is 18.4 Å². The highest BCUT2D eigenvalue weighted by Crippen LogP contribution is 2.17. The molecule has 8 heteroatoms. The number of sulfonamides is 1. The van der Waals surface area contributed by atoms with Gasteiger partial charge in [0.05, 0.1) is 12.4 Å². The van der Waals surface area contributed by atoms with Crippen molar-refractivity contribution in [3.8, 4) is 0 Å². The van der Waals surface area contributed by atoms with Crippen LogP contribution in [0.2, 0.25) is 0 Å². The van der Waals surface area contributed by atoms with Crippen LogP contribution in [0.5, 0.6) is 0 Å². The van der Waals surface area contributed by atoms with Gasteiger partial charge in [0.1, 0.15) is 4.90 Å². The van der Waals surface area contributed by atoms with E-state index in [4.69, 9.17) is 5.11 Å². The van der Waals surface area contributed by atoms with Gasteiger partial charge in [-0.15, -0.1) is 0 Å². The molecule has 7 nitrogen and oxygen atoms in total. The first-order valence-corrected chi connectivity index (χ1v) is 8.56. The second kappa shape index (κ2) is 8.26. The van der Waals surface area contributed by atoms with Crippen LogP contribution in [0, 0.1) is 0 Å². The Morgan fingerprint density at radius 2 is 1.95 bits per heavy atom. The summed E-state index contributed by atoms with van der Waals surface area (Å²) in [7, 11) is -3.64. The first kappa shape index (κ1) is 17.8. The number of nitrogens with one attached hydrogen (secondary N) is 1. The number of anilines is 1. The fourth-order valence-electron chi connectivity index (χ4n) is 1.80. The van der Waals surface area contributed by atoms with Crippen molar-refractivity contribution in [3.05, 3.63) is 12.4 Å². The highest BCUT2D eigenvalue weighted by molar-refractivity contribution is 7.89. The summed E-state index contributed by atoms with van der Waals surface area (Å²) in [4.78, 5) is 8.12. The molecule has 0 aromatic carbocycles. The van der Waals surface area contributed by atoms with Gasteiger partial charge >= 0.3 is 0 Å². The van der Waals surface area contributed by atoms with Crippen LogP contribution in [0.15, 0.2) is 17.3 Å². The standard InChI is InChI=1S/C13H24N4O3S/c1-4-6-14-13-15-9-12(10-16-13)21(19,20)17(11(2)3)7-5-8-18/h9-11,18H,4-8H2,1-3H3,(H,14,15,16). The molecule has 0 aliphatic rings. The third-order valence-corrected chi connectivity index (χ3v) is 4.91. The molecule has 0 saturated carbocycles. The summed E-state index contributed by atoms with van der Waals surface area (Å²) in [5.74, 6) is 0.419. The molecule has 0 radical (unpaired) electrons. The summed E-state index contributed by atoms with van der Waals surface area (Å²) in [6, 6.07) is -0.195. The quantitative estimate of drug-likeness (QED) is 0.708. The van der Waals surface area contributed by atoms with Crippen LogP contribution < -0.4 is 5.32 Å². The number of hydrogen-bond donors (Lipinski definition) is 2. The predicted octanol–water partition coefficient (Wildman–Crippen LogP) is 1.08. The van der Waals surface area contributed by atoms with E-state index >= 15 is 0 Å². The van der Waals surface area contributed by atoms with Crippen molar-refractivity contribution in [2.75, 3.05) is 25.0 Å². The van der Waals surface area contributed by atoms with E-state index in [0.717, 1.165) is 13.0 Å². The predicted molar refractivity (Wildman–Crippen MR) is 81.5 cm³/mol. The maximum absolute atomic E-state index is 12.5. The highest BCUT2D eigenvalue weighted by Gasteiger charge is 2.27. The van der Waals surface area contributed by atoms with E-state index in [2.05, 4.69) is 15.3 Å². The smallest absolute Gasteiger partial charge is 0.246 e. The normalized spacial score (nSPS) is 12.1. The first-order valence-electron chi connectivity index (χ1n) is 7.12. The fraction of sp³-hybridized carbons (Fsp3) is 0.692. The molecule has 0 unspecified atom stereocenters. The molecule has 0 saturated heterocycles. The summed E-state index contributed by atoms with van der Waals surface area (Å²) < 4.78 is 26.4. The summed E-state index contributed by atoms with van der Waals surface area (Å²) in [6.07, 6.45) is 3.96. The molecule has 21 heavy (non-hydrogen) atoms. The average Bonchev–Trinajstić information content (AvgIpc) is 2.45. The van der Waals surface area contributed by atoms with Gasteiger partial charge in [0.15, 0.2) is 0 Å². The minimum absolute atomic E-state index is 0.0465. The van der Waals surface area contributed by atoms with Crippen LogP contribution in [0.25, 0.3) is 0 Å². The Morgan fingerprint density at radius 3 is 2.43 bits per heavy atom. The number of hydrogen-bond acceptors (Lipinski definition) is 6. The summed E-state index contributed by atoms with van der Waals surface area (Å²) >= 11 is 0. The van der Waals surface area contributed by atoms with Crippen LogP contribution in [0.3, 0.4) is 0 Å². The molecule has 2 N–H and O–H groups in total. The van der Waals surface area contributed by atoms with Gasteiger partial charge in [0.2, 0.25) is 16.0 Å². The number of rotatable bonds is 9. The fourth-order valence-corrected chi connectivity index (χ4v) is 3.36. The number of aromatic nitrogens is 2. The molecular weight excluding hydrogens is 292 g/mol. The Kier molecular flexibility index (Phi) is 7.00. The first-order chi connectivity index (χ1) is 9.93. The Hall–Kier alpha value is -1.25. The lowest BCUT2D eigenvalue weighted by Crippen LogP contribution is -2.38. The van der Waals surface area contributed by atoms with Crippen LogP contribution in [-0.4, -0.2) is 53.5 Å². The second-order valence-corrected chi connectivity index (χ2v) is 6.85. The van der Waals surface area contributed by atoms with Gasteiger partial charge in [0.25, 0.3) is 0 Å². The molecule has 0 bridgehead atoms. The zero-order valence-corrected chi connectivity index (χ0v) is 13.6. The summed E-state index contributed by atoms with van der Waals surface area (Å²) in [5.41, 5.74) is 0. The lowest BCUT2D eigenvalue weighted by atomic mass is 10.3. The SMILES string of the molecule is CCCNc1ncc(S(=O)(=O)N(CCCO)C(C)C)cn1. The number of aliphatic hydroxyl groups excluding tert-OH is 1. The van der Waals surface area contributed by atoms with E-state index < -0.39 is 10.0 Å². The Bertz CT molecular complexity index is 517. The van der Waals surface area contributed by atoms with E-state index in [-0.39, 0.29) is 24.1 Å². The molecule has 0 atom stereocenters. The Labute approximate surface area is 126 Å². The third kappa shape index (κ3) is 4.90. The van der Waals surface area contributed by atoms with Gasteiger partial charge in [-0.2, -0.15) is 4.31 Å². The molecule has 120 valence electrons. The van der Waals surface area contributed by atoms with Crippen molar-refractivity contribution in [2.45, 2.75) is 44.6 Å². The molecule has 1 heterocycles. The molecule has 1 rings (SSSR count). The van der Waals surface area contributed by atoms with Crippen molar-refractivity contribution in [3.63, 3.8) is 0 Å². The second-order valence-electron chi connectivity index (χ2n) is 4.96. The minimum atomic E-state index is -3.64. The van der Waals surface area contributed by atoms with Crippen LogP contribution >= 0.6 is 0 Å². The van der Waals surface area contributed by atoms with E-state index in [1.807, 2.05) is 6.92 Å². The molecule has 1 aromatic heterocycles. The third-order valence-electron chi connectivity index (χ3n) is 2.88. The monoisotopic (exact) mass is 316 g/mol. The van der Waals surface area contributed by atoms with Crippen molar-refractivity contribution >= 4 is 16.0 Å². The maximum atomic E-state index is 12.5. The number of nitrogens with zero attached hydrogens (tertiary/aromatic N) is 3. The zero-order valence-electron chi connectivity index (χ0n) is 12.8. The van der Waals surface area contributed by atoms with Crippen molar-refractivity contribution < 1.29 is 13.5 Å². The Morgan fingerprint density at radius 1 is 1.33 bits per heavy atom. The van der Waals surface area contributed by atoms with E-state index in [1.165, 1.54) is 16.7 Å². The lowest BCUT2D eigenvalue weighted by Gasteiger charge is -2.25. The van der Waals surface area contributed by atoms with Crippen molar-refractivity contribution in [1.29, 1.82) is 0 Å². The molecular formula is C13H24N4O3S. The summed E-state index contributed by atoms with van der Waals surface area (Å²) in [5, 5.41) is 11.9. The maximum Gasteiger partial charge on any atom is 0.246 e. The van der Waals surface area contributed by atoms with Gasteiger partial charge in [-0.3, -0.25) is 0 Å². The minimum Gasteiger partial charge on any atom is -0.396 e. The summed E-state index contributed by atoms with van der Waals surface area (Å²) in [6.45, 7) is 6.58. The number of aliphatic hydroxyl groups is 1. The van der Waals surface area contributed by atoms with E-state index in [0.29, 0.717) is 12.4 Å². The molecule has 0 amide bonds.